The van der Waals surface area contributed by atoms with Crippen LogP contribution in [0.15, 0.2) is 176 Å². The number of aromatic hydroxyl groups is 2. The summed E-state index contributed by atoms with van der Waals surface area (Å²) >= 11 is 0. The average Bonchev–Trinajstić information content (AvgIpc) is 3.25. The van der Waals surface area contributed by atoms with Crippen LogP contribution in [-0.2, 0) is 11.8 Å². The van der Waals surface area contributed by atoms with Gasteiger partial charge in [0.1, 0.15) is 42.0 Å². The van der Waals surface area contributed by atoms with Crippen LogP contribution >= 0.6 is 0 Å². The van der Waals surface area contributed by atoms with Crippen molar-refractivity contribution in [3.8, 4) is 39.9 Å². The molecule has 0 aliphatic heterocycles. The Morgan fingerprint density at radius 3 is 1.55 bits per heavy atom. The molecule has 1 atom stereocenters. The highest BCUT2D eigenvalue weighted by Crippen LogP contribution is 2.51. The van der Waals surface area contributed by atoms with E-state index in [9.17, 15) is 10.2 Å². The molecule has 2 N–H and O–H groups in total. The van der Waals surface area contributed by atoms with Crippen LogP contribution in [0.1, 0.15) is 35.6 Å². The van der Waals surface area contributed by atoms with Crippen molar-refractivity contribution in [1.29, 1.82) is 0 Å². The Morgan fingerprint density at radius 2 is 0.946 bits per heavy atom. The lowest BCUT2D eigenvalue weighted by Gasteiger charge is -2.36. The second-order valence-corrected chi connectivity index (χ2v) is 14.2. The third-order valence-corrected chi connectivity index (χ3v) is 10.6. The number of ether oxygens (including phenoxy) is 3. The van der Waals surface area contributed by atoms with Crippen molar-refractivity contribution in [2.75, 3.05) is 19.8 Å². The first-order chi connectivity index (χ1) is 27.5. The van der Waals surface area contributed by atoms with Gasteiger partial charge in [0.25, 0.3) is 0 Å². The van der Waals surface area contributed by atoms with Crippen molar-refractivity contribution in [1.82, 2.24) is 0 Å². The zero-order valence-corrected chi connectivity index (χ0v) is 31.4. The van der Waals surface area contributed by atoms with Crippen molar-refractivity contribution in [2.24, 2.45) is 0 Å². The summed E-state index contributed by atoms with van der Waals surface area (Å²) in [4.78, 5) is 0. The molecule has 5 heteroatoms. The van der Waals surface area contributed by atoms with E-state index in [0.29, 0.717) is 25.6 Å². The molecule has 278 valence electrons. The van der Waals surface area contributed by atoms with Gasteiger partial charge in [-0.15, -0.1) is 0 Å². The fourth-order valence-corrected chi connectivity index (χ4v) is 7.79. The van der Waals surface area contributed by atoms with Crippen LogP contribution in [0.4, 0.5) is 0 Å². The molecule has 0 fully saturated rings. The average molecular weight is 737 g/mol. The van der Waals surface area contributed by atoms with Crippen molar-refractivity contribution in [3.63, 3.8) is 0 Å². The minimum absolute atomic E-state index is 0.194. The van der Waals surface area contributed by atoms with Gasteiger partial charge in [-0.05, 0) is 112 Å². The molecule has 8 aromatic carbocycles. The topological polar surface area (TPSA) is 68.2 Å². The number of hydrogen-bond donors (Lipinski definition) is 2. The Balaban J connectivity index is 1.26. The van der Waals surface area contributed by atoms with E-state index < -0.39 is 5.41 Å². The lowest BCUT2D eigenvalue weighted by atomic mass is 9.67. The SMILES string of the molecule is CC(c1ccc(-c2ccccc2)cc1)(c1c(OCCCc2ccc(O)cc2)ccc2ccccc12)c1c(OCCOc2ccc(O)cc2)ccc2ccccc12. The summed E-state index contributed by atoms with van der Waals surface area (Å²) in [5.41, 5.74) is 5.89. The van der Waals surface area contributed by atoms with Crippen molar-refractivity contribution in [2.45, 2.75) is 25.2 Å². The lowest BCUT2D eigenvalue weighted by molar-refractivity contribution is 0.215. The van der Waals surface area contributed by atoms with E-state index >= 15 is 0 Å². The van der Waals surface area contributed by atoms with E-state index in [1.165, 1.54) is 0 Å². The summed E-state index contributed by atoms with van der Waals surface area (Å²) in [6.45, 7) is 3.45. The Labute approximate surface area is 328 Å². The van der Waals surface area contributed by atoms with Crippen LogP contribution in [0, 0.1) is 0 Å². The largest absolute Gasteiger partial charge is 0.508 e. The molecule has 1 unspecified atom stereocenters. The maximum atomic E-state index is 9.79. The molecular formula is C51H44O5. The fourth-order valence-electron chi connectivity index (χ4n) is 7.79. The van der Waals surface area contributed by atoms with E-state index in [-0.39, 0.29) is 11.5 Å². The van der Waals surface area contributed by atoms with Crippen molar-refractivity contribution >= 4 is 21.5 Å². The monoisotopic (exact) mass is 736 g/mol. The molecule has 0 amide bonds. The first-order valence-electron chi connectivity index (χ1n) is 19.1. The third-order valence-electron chi connectivity index (χ3n) is 10.6. The molecule has 5 nitrogen and oxygen atoms in total. The summed E-state index contributed by atoms with van der Waals surface area (Å²) in [5.74, 6) is 2.71. The quantitative estimate of drug-likeness (QED) is 0.0859. The third kappa shape index (κ3) is 7.62. The fraction of sp³-hybridized carbons (Fsp3) is 0.137. The molecule has 56 heavy (non-hydrogen) atoms. The van der Waals surface area contributed by atoms with E-state index in [1.54, 1.807) is 36.4 Å². The second-order valence-electron chi connectivity index (χ2n) is 14.2. The van der Waals surface area contributed by atoms with E-state index in [4.69, 9.17) is 14.2 Å². The number of hydrogen-bond acceptors (Lipinski definition) is 5. The van der Waals surface area contributed by atoms with Gasteiger partial charge in [0.15, 0.2) is 0 Å². The molecule has 0 bridgehead atoms. The number of phenolic OH excluding ortho intramolecular Hbond substituents is 2. The molecule has 0 aromatic heterocycles. The van der Waals surface area contributed by atoms with Gasteiger partial charge in [0.2, 0.25) is 0 Å². The lowest BCUT2D eigenvalue weighted by Crippen LogP contribution is -2.28. The molecule has 0 aliphatic carbocycles. The Kier molecular flexibility index (Phi) is 10.6. The van der Waals surface area contributed by atoms with E-state index in [0.717, 1.165) is 79.3 Å². The van der Waals surface area contributed by atoms with E-state index in [2.05, 4.69) is 128 Å². The van der Waals surface area contributed by atoms with Gasteiger partial charge in [-0.3, -0.25) is 0 Å². The highest BCUT2D eigenvalue weighted by atomic mass is 16.5. The second kappa shape index (κ2) is 16.3. The van der Waals surface area contributed by atoms with Crippen LogP contribution < -0.4 is 14.2 Å². The molecule has 8 rings (SSSR count). The van der Waals surface area contributed by atoms with Gasteiger partial charge in [-0.2, -0.15) is 0 Å². The first kappa shape index (κ1) is 36.3. The van der Waals surface area contributed by atoms with Gasteiger partial charge in [-0.25, -0.2) is 0 Å². The maximum Gasteiger partial charge on any atom is 0.124 e. The number of benzene rings is 8. The number of aryl methyl sites for hydroxylation is 1. The number of rotatable bonds is 14. The Bertz CT molecular complexity index is 2410. The van der Waals surface area contributed by atoms with Crippen molar-refractivity contribution < 1.29 is 24.4 Å². The zero-order valence-electron chi connectivity index (χ0n) is 31.4. The standard InChI is InChI=1S/C51H44O5/c1-51(41-23-19-38(20-24-41)37-11-3-2-4-12-37,49-45-15-7-5-13-39(45)21-31-47(49)55-33-9-10-36-17-25-42(52)26-18-36)50-46-16-8-6-14-40(46)22-32-48(50)56-35-34-54-44-29-27-43(53)28-30-44/h2-8,11-32,52-53H,9-10,33-35H2,1H3. The molecule has 0 aliphatic rings. The molecular weight excluding hydrogens is 693 g/mol. The maximum absolute atomic E-state index is 9.79. The van der Waals surface area contributed by atoms with Crippen LogP contribution in [-0.4, -0.2) is 30.0 Å². The van der Waals surface area contributed by atoms with Crippen LogP contribution in [0.3, 0.4) is 0 Å². The Morgan fingerprint density at radius 1 is 0.446 bits per heavy atom. The minimum atomic E-state index is -0.767. The highest BCUT2D eigenvalue weighted by Gasteiger charge is 2.39. The predicted molar refractivity (Wildman–Crippen MR) is 226 cm³/mol. The zero-order chi connectivity index (χ0) is 38.3. The smallest absolute Gasteiger partial charge is 0.124 e. The summed E-state index contributed by atoms with van der Waals surface area (Å²) in [5, 5.41) is 23.9. The molecule has 8 aromatic rings. The molecule has 0 spiro atoms. The van der Waals surface area contributed by atoms with Gasteiger partial charge in [0.05, 0.1) is 12.0 Å². The first-order valence-corrected chi connectivity index (χ1v) is 19.1. The van der Waals surface area contributed by atoms with Crippen LogP contribution in [0.2, 0.25) is 0 Å². The number of phenols is 2. The summed E-state index contributed by atoms with van der Waals surface area (Å²) < 4.78 is 19.6. The van der Waals surface area contributed by atoms with Gasteiger partial charge in [0, 0.05) is 11.1 Å². The van der Waals surface area contributed by atoms with Crippen molar-refractivity contribution in [3.05, 3.63) is 198 Å². The summed E-state index contributed by atoms with van der Waals surface area (Å²) in [6.07, 6.45) is 1.64. The minimum Gasteiger partial charge on any atom is -0.508 e. The van der Waals surface area contributed by atoms with Crippen LogP contribution in [0.25, 0.3) is 32.7 Å². The normalized spacial score (nSPS) is 12.3. The summed E-state index contributed by atoms with van der Waals surface area (Å²) in [6, 6.07) is 59.0. The molecule has 0 radical (unpaired) electrons. The summed E-state index contributed by atoms with van der Waals surface area (Å²) in [7, 11) is 0. The van der Waals surface area contributed by atoms with Gasteiger partial charge in [-0.1, -0.05) is 127 Å². The van der Waals surface area contributed by atoms with Gasteiger partial charge >= 0.3 is 0 Å². The molecule has 0 saturated heterocycles. The van der Waals surface area contributed by atoms with Crippen LogP contribution in [0.5, 0.6) is 28.7 Å². The number of fused-ring (bicyclic) bond motifs is 2. The molecule has 0 saturated carbocycles. The molecule has 0 heterocycles. The highest BCUT2D eigenvalue weighted by molar-refractivity contribution is 5.95. The predicted octanol–water partition coefficient (Wildman–Crippen LogP) is 11.9. The van der Waals surface area contributed by atoms with Gasteiger partial charge < -0.3 is 24.4 Å². The van der Waals surface area contributed by atoms with E-state index in [1.807, 2.05) is 18.2 Å². The Hall–Kier alpha value is -6.72.